The van der Waals surface area contributed by atoms with E-state index in [1.54, 1.807) is 0 Å². The first-order valence-corrected chi connectivity index (χ1v) is 11.7. The number of piperidine rings is 1. The van der Waals surface area contributed by atoms with Gasteiger partial charge in [0.1, 0.15) is 0 Å². The van der Waals surface area contributed by atoms with Crippen molar-refractivity contribution < 1.29 is 31.4 Å². The summed E-state index contributed by atoms with van der Waals surface area (Å²) < 4.78 is 80.2. The van der Waals surface area contributed by atoms with Crippen LogP contribution in [0.5, 0.6) is 5.75 Å². The van der Waals surface area contributed by atoms with Crippen LogP contribution in [0.15, 0.2) is 60.7 Å². The smallest absolute Gasteiger partial charge is 0.416 e. The first-order valence-electron chi connectivity index (χ1n) is 11.7. The summed E-state index contributed by atoms with van der Waals surface area (Å²) in [6.07, 6.45) is -2.90. The van der Waals surface area contributed by atoms with Gasteiger partial charge < -0.3 is 14.4 Å². The third-order valence-corrected chi connectivity index (χ3v) is 6.83. The molecule has 1 heterocycles. The van der Waals surface area contributed by atoms with Crippen LogP contribution in [-0.2, 0) is 22.9 Å². The van der Waals surface area contributed by atoms with Crippen LogP contribution in [0.3, 0.4) is 0 Å². The van der Waals surface area contributed by atoms with Crippen LogP contribution in [0.4, 0.5) is 22.0 Å². The second-order valence-corrected chi connectivity index (χ2v) is 9.33. The van der Waals surface area contributed by atoms with Crippen molar-refractivity contribution in [3.63, 3.8) is 0 Å². The Morgan fingerprint density at radius 3 is 2.08 bits per heavy atom. The maximum Gasteiger partial charge on any atom is 0.416 e. The van der Waals surface area contributed by atoms with Gasteiger partial charge in [-0.2, -0.15) is 13.2 Å². The van der Waals surface area contributed by atoms with Crippen LogP contribution in [0, 0.1) is 11.6 Å². The van der Waals surface area contributed by atoms with Gasteiger partial charge in [0.15, 0.2) is 17.4 Å². The van der Waals surface area contributed by atoms with E-state index < -0.39 is 29.1 Å². The Balaban J connectivity index is 1.61. The minimum atomic E-state index is -4.63. The summed E-state index contributed by atoms with van der Waals surface area (Å²) in [6.45, 7) is 2.06. The summed E-state index contributed by atoms with van der Waals surface area (Å²) in [4.78, 5) is 2.24. The molecule has 192 valence electrons. The van der Waals surface area contributed by atoms with Crippen LogP contribution in [0.1, 0.15) is 29.5 Å². The van der Waals surface area contributed by atoms with Crippen LogP contribution in [0.25, 0.3) is 11.1 Å². The van der Waals surface area contributed by atoms with E-state index in [2.05, 4.69) is 28.8 Å². The summed E-state index contributed by atoms with van der Waals surface area (Å²) >= 11 is 0. The summed E-state index contributed by atoms with van der Waals surface area (Å²) in [5.74, 6) is -2.57. The Bertz CT molecular complexity index is 1170. The molecule has 1 fully saturated rings. The first-order chi connectivity index (χ1) is 17.1. The molecule has 1 saturated heterocycles. The normalized spacial score (nSPS) is 16.2. The van der Waals surface area contributed by atoms with Gasteiger partial charge in [-0.25, -0.2) is 8.78 Å². The van der Waals surface area contributed by atoms with E-state index in [4.69, 9.17) is 4.74 Å². The average Bonchev–Trinajstić information content (AvgIpc) is 2.85. The van der Waals surface area contributed by atoms with Gasteiger partial charge in [-0.15, -0.1) is 0 Å². The Morgan fingerprint density at radius 1 is 0.889 bits per heavy atom. The van der Waals surface area contributed by atoms with Crippen LogP contribution in [0.2, 0.25) is 0 Å². The van der Waals surface area contributed by atoms with Crippen molar-refractivity contribution in [1.29, 1.82) is 0 Å². The Hall–Kier alpha value is -2.97. The third kappa shape index (κ3) is 5.71. The Labute approximate surface area is 207 Å². The van der Waals surface area contributed by atoms with Crippen molar-refractivity contribution in [2.75, 3.05) is 33.9 Å². The van der Waals surface area contributed by atoms with E-state index in [0.717, 1.165) is 62.9 Å². The molecule has 1 aliphatic heterocycles. The zero-order valence-electron chi connectivity index (χ0n) is 20.2. The maximum atomic E-state index is 14.3. The number of benzene rings is 3. The zero-order valence-corrected chi connectivity index (χ0v) is 20.2. The lowest BCUT2D eigenvalue weighted by Crippen LogP contribution is -2.43. The second kappa shape index (κ2) is 10.6. The van der Waals surface area contributed by atoms with Crippen LogP contribution >= 0.6 is 0 Å². The summed E-state index contributed by atoms with van der Waals surface area (Å²) in [7, 11) is 3.18. The molecule has 0 saturated carbocycles. The lowest BCUT2D eigenvalue weighted by molar-refractivity contribution is -0.137. The van der Waals surface area contributed by atoms with E-state index in [0.29, 0.717) is 6.61 Å². The number of halogens is 5. The van der Waals surface area contributed by atoms with Crippen LogP contribution < -0.4 is 4.74 Å². The van der Waals surface area contributed by atoms with Crippen molar-refractivity contribution in [3.8, 4) is 16.9 Å². The molecule has 4 rings (SSSR count). The van der Waals surface area contributed by atoms with Crippen molar-refractivity contribution >= 4 is 0 Å². The number of alkyl halides is 3. The molecule has 0 aliphatic carbocycles. The predicted molar refractivity (Wildman–Crippen MR) is 128 cm³/mol. The lowest BCUT2D eigenvalue weighted by atomic mass is 9.73. The van der Waals surface area contributed by atoms with Gasteiger partial charge in [-0.1, -0.05) is 30.3 Å². The highest BCUT2D eigenvalue weighted by molar-refractivity contribution is 5.66. The topological polar surface area (TPSA) is 21.7 Å². The third-order valence-electron chi connectivity index (χ3n) is 6.83. The minimum absolute atomic E-state index is 0.0192. The number of rotatable bonds is 7. The van der Waals surface area contributed by atoms with E-state index in [1.807, 2.05) is 18.2 Å². The molecule has 0 amide bonds. The fraction of sp³-hybridized carbons (Fsp3) is 0.357. The quantitative estimate of drug-likeness (QED) is 0.328. The average molecular weight is 506 g/mol. The number of likely N-dealkylation sites (tertiary alicyclic amines) is 1. The van der Waals surface area contributed by atoms with Gasteiger partial charge in [-0.05, 0) is 85.6 Å². The van der Waals surface area contributed by atoms with Gasteiger partial charge in [-0.3, -0.25) is 0 Å². The highest BCUT2D eigenvalue weighted by Gasteiger charge is 2.36. The number of methoxy groups -OCH3 is 1. The van der Waals surface area contributed by atoms with Gasteiger partial charge in [0.25, 0.3) is 0 Å². The second-order valence-electron chi connectivity index (χ2n) is 9.33. The molecule has 0 unspecified atom stereocenters. The molecular formula is C28H28F5NO2. The van der Waals surface area contributed by atoms with Crippen molar-refractivity contribution in [1.82, 2.24) is 4.90 Å². The molecule has 0 bridgehead atoms. The fourth-order valence-electron chi connectivity index (χ4n) is 4.75. The summed E-state index contributed by atoms with van der Waals surface area (Å²) in [6, 6.07) is 15.3. The van der Waals surface area contributed by atoms with Crippen molar-refractivity contribution in [2.24, 2.45) is 0 Å². The largest absolute Gasteiger partial charge is 0.491 e. The Morgan fingerprint density at radius 2 is 1.50 bits per heavy atom. The SMILES string of the molecule is COc1c(F)cc(-c2cc(COCC3(c4ccccc4)CCN(C)CC3)cc(C(F)(F)F)c2)cc1F. The maximum absolute atomic E-state index is 14.3. The molecule has 3 aromatic rings. The van der Waals surface area contributed by atoms with Crippen molar-refractivity contribution in [2.45, 2.75) is 31.0 Å². The molecule has 0 spiro atoms. The molecule has 3 aromatic carbocycles. The predicted octanol–water partition coefficient (Wildman–Crippen LogP) is 6.84. The molecule has 0 atom stereocenters. The Kier molecular flexibility index (Phi) is 7.66. The molecule has 0 N–H and O–H groups in total. The summed E-state index contributed by atoms with van der Waals surface area (Å²) in [5.41, 5.74) is 0.294. The first kappa shape index (κ1) is 26.1. The standard InChI is InChI=1S/C28H28F5NO2/c1-34-10-8-27(9-11-34,22-6-4-3-5-7-22)18-36-17-19-12-20(14-23(13-19)28(31,32)33)21-15-24(29)26(35-2)25(30)16-21/h3-7,12-16H,8-11,17-18H2,1-2H3. The minimum Gasteiger partial charge on any atom is -0.491 e. The molecule has 0 aromatic heterocycles. The van der Waals surface area contributed by atoms with E-state index in [-0.39, 0.29) is 28.7 Å². The fourth-order valence-corrected chi connectivity index (χ4v) is 4.75. The molecule has 1 aliphatic rings. The molecule has 36 heavy (non-hydrogen) atoms. The molecule has 3 nitrogen and oxygen atoms in total. The van der Waals surface area contributed by atoms with Gasteiger partial charge in [0.2, 0.25) is 0 Å². The van der Waals surface area contributed by atoms with E-state index in [1.165, 1.54) is 6.07 Å². The number of ether oxygens (including phenoxy) is 2. The monoisotopic (exact) mass is 505 g/mol. The number of nitrogens with zero attached hydrogens (tertiary/aromatic N) is 1. The van der Waals surface area contributed by atoms with Gasteiger partial charge >= 0.3 is 6.18 Å². The van der Waals surface area contributed by atoms with E-state index >= 15 is 0 Å². The number of hydrogen-bond donors (Lipinski definition) is 0. The van der Waals surface area contributed by atoms with Crippen LogP contribution in [-0.4, -0.2) is 38.8 Å². The highest BCUT2D eigenvalue weighted by Crippen LogP contribution is 2.38. The number of hydrogen-bond acceptors (Lipinski definition) is 3. The highest BCUT2D eigenvalue weighted by atomic mass is 19.4. The molecule has 8 heteroatoms. The van der Waals surface area contributed by atoms with E-state index in [9.17, 15) is 22.0 Å². The molecular weight excluding hydrogens is 477 g/mol. The molecule has 0 radical (unpaired) electrons. The zero-order chi connectivity index (χ0) is 25.9. The van der Waals surface area contributed by atoms with Crippen molar-refractivity contribution in [3.05, 3.63) is 89.0 Å². The van der Waals surface area contributed by atoms with Gasteiger partial charge in [0.05, 0.1) is 25.9 Å². The summed E-state index contributed by atoms with van der Waals surface area (Å²) in [5, 5.41) is 0. The lowest BCUT2D eigenvalue weighted by Gasteiger charge is -2.41. The van der Waals surface area contributed by atoms with Gasteiger partial charge in [0, 0.05) is 5.41 Å².